The summed E-state index contributed by atoms with van der Waals surface area (Å²) in [4.78, 5) is 23.0. The number of rotatable bonds is 2. The second-order valence-electron chi connectivity index (χ2n) is 6.62. The fraction of sp³-hybridized carbons (Fsp3) is 0.150. The van der Waals surface area contributed by atoms with Gasteiger partial charge in [0.25, 0.3) is 5.56 Å². The van der Waals surface area contributed by atoms with Crippen LogP contribution in [-0.4, -0.2) is 39.4 Å². The maximum absolute atomic E-state index is 12.8. The molecule has 1 saturated heterocycles. The minimum atomic E-state index is -0.155. The average molecular weight is 358 g/mol. The quantitative estimate of drug-likeness (QED) is 0.574. The first-order valence-electron chi connectivity index (χ1n) is 8.84. The summed E-state index contributed by atoms with van der Waals surface area (Å²) < 4.78 is 1.43. The minimum Gasteiger partial charge on any atom is -0.386 e. The SMILES string of the molecule is C=C1CN(c2ccc3[nH]cc4c(=O)n(-c5ccccc5)nc-4c3n2)CCN1. The molecule has 1 aromatic carbocycles. The van der Waals surface area contributed by atoms with Crippen LogP contribution in [-0.2, 0) is 0 Å². The third-order valence-electron chi connectivity index (χ3n) is 4.82. The number of para-hydroxylation sites is 1. The molecule has 1 aromatic heterocycles. The molecule has 27 heavy (non-hydrogen) atoms. The number of hydrogen-bond acceptors (Lipinski definition) is 5. The van der Waals surface area contributed by atoms with E-state index in [4.69, 9.17) is 4.98 Å². The van der Waals surface area contributed by atoms with Crippen LogP contribution >= 0.6 is 0 Å². The Labute approximate surface area is 155 Å². The van der Waals surface area contributed by atoms with Crippen molar-refractivity contribution in [3.63, 3.8) is 0 Å². The smallest absolute Gasteiger partial charge is 0.282 e. The van der Waals surface area contributed by atoms with Gasteiger partial charge < -0.3 is 15.2 Å². The molecule has 2 aromatic rings. The summed E-state index contributed by atoms with van der Waals surface area (Å²) in [5, 5.41) is 7.84. The van der Waals surface area contributed by atoms with Crippen LogP contribution in [0, 0.1) is 0 Å². The van der Waals surface area contributed by atoms with Crippen LogP contribution in [0.4, 0.5) is 5.82 Å². The summed E-state index contributed by atoms with van der Waals surface area (Å²) in [5.74, 6) is 0.854. The van der Waals surface area contributed by atoms with Crippen LogP contribution in [0.15, 0.2) is 65.7 Å². The van der Waals surface area contributed by atoms with Crippen LogP contribution in [0.1, 0.15) is 0 Å². The lowest BCUT2D eigenvalue weighted by atomic mass is 10.1. The Morgan fingerprint density at radius 2 is 1.96 bits per heavy atom. The van der Waals surface area contributed by atoms with Gasteiger partial charge in [0, 0.05) is 25.0 Å². The van der Waals surface area contributed by atoms with E-state index in [1.54, 1.807) is 6.20 Å². The van der Waals surface area contributed by atoms with Gasteiger partial charge in [0.15, 0.2) is 0 Å². The van der Waals surface area contributed by atoms with Crippen LogP contribution in [0.2, 0.25) is 0 Å². The monoisotopic (exact) mass is 358 g/mol. The fourth-order valence-corrected chi connectivity index (χ4v) is 3.46. The van der Waals surface area contributed by atoms with E-state index in [2.05, 4.69) is 26.9 Å². The third-order valence-corrected chi connectivity index (χ3v) is 4.82. The second-order valence-corrected chi connectivity index (χ2v) is 6.62. The zero-order valence-electron chi connectivity index (χ0n) is 14.6. The zero-order chi connectivity index (χ0) is 18.4. The molecule has 5 rings (SSSR count). The van der Waals surface area contributed by atoms with Gasteiger partial charge in [0.2, 0.25) is 0 Å². The maximum Gasteiger partial charge on any atom is 0.282 e. The van der Waals surface area contributed by atoms with Crippen molar-refractivity contribution in [1.82, 2.24) is 25.1 Å². The molecule has 3 aliphatic rings. The van der Waals surface area contributed by atoms with Crippen LogP contribution < -0.4 is 15.8 Å². The zero-order valence-corrected chi connectivity index (χ0v) is 14.6. The highest BCUT2D eigenvalue weighted by Crippen LogP contribution is 2.27. The summed E-state index contributed by atoms with van der Waals surface area (Å²) in [6, 6.07) is 13.4. The van der Waals surface area contributed by atoms with E-state index in [0.29, 0.717) is 23.3 Å². The lowest BCUT2D eigenvalue weighted by Crippen LogP contribution is -2.42. The molecule has 3 aliphatic heterocycles. The van der Waals surface area contributed by atoms with Crippen molar-refractivity contribution in [2.45, 2.75) is 0 Å². The Hall–Kier alpha value is -3.61. The maximum atomic E-state index is 12.8. The van der Waals surface area contributed by atoms with Gasteiger partial charge in [-0.3, -0.25) is 4.79 Å². The molecule has 7 heteroatoms. The van der Waals surface area contributed by atoms with E-state index in [1.807, 2.05) is 42.5 Å². The van der Waals surface area contributed by atoms with Crippen molar-refractivity contribution >= 4 is 16.9 Å². The van der Waals surface area contributed by atoms with Crippen LogP contribution in [0.3, 0.4) is 0 Å². The van der Waals surface area contributed by atoms with Gasteiger partial charge in [-0.25, -0.2) is 4.98 Å². The molecule has 7 nitrogen and oxygen atoms in total. The highest BCUT2D eigenvalue weighted by molar-refractivity contribution is 5.91. The Kier molecular flexibility index (Phi) is 3.46. The molecule has 0 radical (unpaired) electrons. The lowest BCUT2D eigenvalue weighted by Gasteiger charge is -2.30. The van der Waals surface area contributed by atoms with Crippen molar-refractivity contribution in [2.24, 2.45) is 0 Å². The van der Waals surface area contributed by atoms with E-state index >= 15 is 0 Å². The van der Waals surface area contributed by atoms with Crippen molar-refractivity contribution in [1.29, 1.82) is 0 Å². The Bertz CT molecular complexity index is 1180. The predicted octanol–water partition coefficient (Wildman–Crippen LogP) is 2.14. The van der Waals surface area contributed by atoms with Gasteiger partial charge in [-0.1, -0.05) is 24.8 Å². The van der Waals surface area contributed by atoms with Gasteiger partial charge >= 0.3 is 0 Å². The Morgan fingerprint density at radius 1 is 1.11 bits per heavy atom. The number of H-pyrrole nitrogens is 1. The van der Waals surface area contributed by atoms with Crippen LogP contribution in [0.25, 0.3) is 28.0 Å². The number of nitrogens with one attached hydrogen (secondary N) is 2. The molecule has 1 fully saturated rings. The fourth-order valence-electron chi connectivity index (χ4n) is 3.46. The van der Waals surface area contributed by atoms with Crippen molar-refractivity contribution < 1.29 is 0 Å². The number of nitrogens with zero attached hydrogens (tertiary/aromatic N) is 4. The number of aromatic amines is 1. The molecule has 0 atom stereocenters. The molecule has 0 aliphatic carbocycles. The molecule has 0 unspecified atom stereocenters. The summed E-state index contributed by atoms with van der Waals surface area (Å²) in [6.45, 7) is 6.40. The molecule has 0 spiro atoms. The topological polar surface area (TPSA) is 78.8 Å². The van der Waals surface area contributed by atoms with Gasteiger partial charge in [-0.2, -0.15) is 9.78 Å². The molecular formula is C20H18N6O. The van der Waals surface area contributed by atoms with Gasteiger partial charge in [0.05, 0.1) is 23.3 Å². The second kappa shape index (κ2) is 5.98. The highest BCUT2D eigenvalue weighted by atomic mass is 16.1. The summed E-state index contributed by atoms with van der Waals surface area (Å²) in [7, 11) is 0. The molecule has 4 heterocycles. The van der Waals surface area contributed by atoms with E-state index in [9.17, 15) is 4.79 Å². The average Bonchev–Trinajstić information content (AvgIpc) is 3.05. The third kappa shape index (κ3) is 2.55. The molecule has 134 valence electrons. The van der Waals surface area contributed by atoms with E-state index < -0.39 is 0 Å². The minimum absolute atomic E-state index is 0.155. The number of anilines is 1. The molecule has 0 bridgehead atoms. The van der Waals surface area contributed by atoms with E-state index in [0.717, 1.165) is 35.8 Å². The Morgan fingerprint density at radius 3 is 2.78 bits per heavy atom. The Balaban J connectivity index is 1.68. The summed E-state index contributed by atoms with van der Waals surface area (Å²) in [6.07, 6.45) is 1.71. The first-order chi connectivity index (χ1) is 13.2. The number of hydrogen-bond donors (Lipinski definition) is 2. The number of benzene rings is 1. The van der Waals surface area contributed by atoms with Crippen molar-refractivity contribution in [2.75, 3.05) is 24.5 Å². The molecular weight excluding hydrogens is 340 g/mol. The largest absolute Gasteiger partial charge is 0.386 e. The number of piperazine rings is 1. The first-order valence-corrected chi connectivity index (χ1v) is 8.84. The van der Waals surface area contributed by atoms with Crippen molar-refractivity contribution in [3.8, 4) is 16.9 Å². The number of aromatic nitrogens is 4. The number of fused-ring (bicyclic) bond motifs is 3. The molecule has 0 amide bonds. The van der Waals surface area contributed by atoms with Gasteiger partial charge in [-0.05, 0) is 24.3 Å². The first kappa shape index (κ1) is 15.6. The van der Waals surface area contributed by atoms with Crippen molar-refractivity contribution in [3.05, 3.63) is 71.3 Å². The standard InChI is InChI=1S/C20H18N6O/c1-13-12-25(10-9-21-13)17-8-7-16-19(23-17)18-15(11-22-16)20(27)26(24-18)14-5-3-2-4-6-14/h2-8,11,21-22H,1,9-10,12H2. The van der Waals surface area contributed by atoms with Gasteiger partial charge in [0.1, 0.15) is 17.0 Å². The number of pyridine rings is 2. The summed E-state index contributed by atoms with van der Waals surface area (Å²) in [5.41, 5.74) is 4.23. The van der Waals surface area contributed by atoms with E-state index in [1.165, 1.54) is 4.68 Å². The normalized spacial score (nSPS) is 14.7. The van der Waals surface area contributed by atoms with Gasteiger partial charge in [-0.15, -0.1) is 0 Å². The van der Waals surface area contributed by atoms with Crippen LogP contribution in [0.5, 0.6) is 0 Å². The molecule has 2 N–H and O–H groups in total. The predicted molar refractivity (Wildman–Crippen MR) is 105 cm³/mol. The highest BCUT2D eigenvalue weighted by Gasteiger charge is 2.21. The summed E-state index contributed by atoms with van der Waals surface area (Å²) >= 11 is 0. The van der Waals surface area contributed by atoms with E-state index in [-0.39, 0.29) is 5.56 Å². The molecule has 0 saturated carbocycles. The lowest BCUT2D eigenvalue weighted by molar-refractivity contribution is 0.657.